The maximum absolute atomic E-state index is 4.42. The Labute approximate surface area is 151 Å². The lowest BCUT2D eigenvalue weighted by molar-refractivity contribution is 0.873. The molecule has 2 aromatic carbocycles. The molecule has 0 heterocycles. The zero-order valence-corrected chi connectivity index (χ0v) is 15.1. The van der Waals surface area contributed by atoms with Crippen molar-refractivity contribution in [2.45, 2.75) is 26.7 Å². The van der Waals surface area contributed by atoms with E-state index in [2.05, 4.69) is 78.4 Å². The maximum atomic E-state index is 4.42. The minimum atomic E-state index is 0.822. The fraction of sp³-hybridized carbons (Fsp3) is 0.208. The highest BCUT2D eigenvalue weighted by atomic mass is 14.7. The van der Waals surface area contributed by atoms with Crippen LogP contribution in [0.25, 0.3) is 11.1 Å². The van der Waals surface area contributed by atoms with Crippen LogP contribution >= 0.6 is 0 Å². The van der Waals surface area contributed by atoms with Gasteiger partial charge in [-0.15, -0.1) is 0 Å². The Morgan fingerprint density at radius 1 is 1.00 bits per heavy atom. The number of nitrogens with zero attached hydrogens (tertiary/aromatic N) is 1. The fourth-order valence-electron chi connectivity index (χ4n) is 2.30. The average molecular weight is 327 g/mol. The van der Waals surface area contributed by atoms with Crippen LogP contribution in [0.2, 0.25) is 0 Å². The van der Waals surface area contributed by atoms with Crippen molar-refractivity contribution < 1.29 is 0 Å². The molecule has 2 aromatic rings. The van der Waals surface area contributed by atoms with E-state index >= 15 is 0 Å². The van der Waals surface area contributed by atoms with E-state index in [0.717, 1.165) is 24.9 Å². The minimum absolute atomic E-state index is 0.822. The molecule has 0 aliphatic rings. The second kappa shape index (κ2) is 10.8. The van der Waals surface area contributed by atoms with Gasteiger partial charge in [-0.25, -0.2) is 0 Å². The van der Waals surface area contributed by atoms with Crippen molar-refractivity contribution in [3.05, 3.63) is 84.0 Å². The first kappa shape index (κ1) is 18.5. The molecule has 0 amide bonds. The summed E-state index contributed by atoms with van der Waals surface area (Å²) in [4.78, 5) is 4.42. The summed E-state index contributed by atoms with van der Waals surface area (Å²) in [5.41, 5.74) is 4.69. The number of benzene rings is 2. The first-order chi connectivity index (χ1) is 12.3. The summed E-state index contributed by atoms with van der Waals surface area (Å²) in [6.07, 6.45) is 9.88. The van der Waals surface area contributed by atoms with Gasteiger partial charge in [0.2, 0.25) is 0 Å². The van der Waals surface area contributed by atoms with Crippen molar-refractivity contribution in [2.24, 2.45) is 4.99 Å². The van der Waals surface area contributed by atoms with E-state index in [0.29, 0.717) is 0 Å². The summed E-state index contributed by atoms with van der Waals surface area (Å²) in [5.74, 6) is 6.46. The third-order valence-electron chi connectivity index (χ3n) is 3.66. The van der Waals surface area contributed by atoms with Crippen LogP contribution in [0.3, 0.4) is 0 Å². The molecule has 0 bridgehead atoms. The highest BCUT2D eigenvalue weighted by Gasteiger charge is 1.95. The summed E-state index contributed by atoms with van der Waals surface area (Å²) >= 11 is 0. The molecule has 0 aliphatic heterocycles. The first-order valence-electron chi connectivity index (χ1n) is 8.73. The molecule has 0 unspecified atom stereocenters. The number of aliphatic imine (C=N–C) groups is 1. The molecule has 25 heavy (non-hydrogen) atoms. The van der Waals surface area contributed by atoms with E-state index in [9.17, 15) is 0 Å². The van der Waals surface area contributed by atoms with Crippen LogP contribution in [0.5, 0.6) is 0 Å². The quantitative estimate of drug-likeness (QED) is 0.264. The van der Waals surface area contributed by atoms with Gasteiger partial charge < -0.3 is 0 Å². The topological polar surface area (TPSA) is 12.4 Å². The first-order valence-corrected chi connectivity index (χ1v) is 8.73. The Kier molecular flexibility index (Phi) is 8.01. The van der Waals surface area contributed by atoms with E-state index in [4.69, 9.17) is 0 Å². The molecule has 0 aromatic heterocycles. The van der Waals surface area contributed by atoms with Gasteiger partial charge in [-0.3, -0.25) is 4.99 Å². The molecule has 2 rings (SSSR count). The lowest BCUT2D eigenvalue weighted by Crippen LogP contribution is -1.83. The lowest BCUT2D eigenvalue weighted by atomic mass is 10.0. The van der Waals surface area contributed by atoms with Crippen LogP contribution in [0.4, 0.5) is 0 Å². The second-order valence-corrected chi connectivity index (χ2v) is 5.82. The van der Waals surface area contributed by atoms with Crippen molar-refractivity contribution in [1.29, 1.82) is 0 Å². The summed E-state index contributed by atoms with van der Waals surface area (Å²) in [5, 5.41) is 0. The van der Waals surface area contributed by atoms with E-state index in [1.165, 1.54) is 16.7 Å². The zero-order chi connectivity index (χ0) is 17.7. The second-order valence-electron chi connectivity index (χ2n) is 5.82. The standard InChI is InChI=1S/C24H25N/c1-3-4-11-21(2)20-25-19-10-6-7-12-22-15-17-24(18-16-22)23-13-8-5-9-14-23/h3-5,8-9,11,13-18,20H,6,10,19H2,1-2H3/b4-3-,21-11-,25-20+. The Morgan fingerprint density at radius 3 is 2.44 bits per heavy atom. The smallest absolute Gasteiger partial charge is 0.0398 e. The van der Waals surface area contributed by atoms with Crippen LogP contribution in [-0.4, -0.2) is 12.8 Å². The monoisotopic (exact) mass is 327 g/mol. The molecule has 1 heteroatoms. The SMILES string of the molecule is C\C=C/C=C(C)\C=N\CCCC#Cc1ccc(-c2ccccc2)cc1. The van der Waals surface area contributed by atoms with Gasteiger partial charge in [0.15, 0.2) is 0 Å². The van der Waals surface area contributed by atoms with E-state index < -0.39 is 0 Å². The van der Waals surface area contributed by atoms with E-state index in [1.54, 1.807) is 0 Å². The van der Waals surface area contributed by atoms with Crippen molar-refractivity contribution in [1.82, 2.24) is 0 Å². The molecule has 1 nitrogen and oxygen atoms in total. The largest absolute Gasteiger partial charge is 0.293 e. The Bertz CT molecular complexity index is 781. The van der Waals surface area contributed by atoms with Crippen molar-refractivity contribution in [3.63, 3.8) is 0 Å². The van der Waals surface area contributed by atoms with Gasteiger partial charge in [0.1, 0.15) is 0 Å². The molecule has 0 N–H and O–H groups in total. The Morgan fingerprint density at radius 2 is 1.72 bits per heavy atom. The van der Waals surface area contributed by atoms with Crippen molar-refractivity contribution >= 4 is 6.21 Å². The minimum Gasteiger partial charge on any atom is -0.293 e. The number of hydrogen-bond acceptors (Lipinski definition) is 1. The molecule has 0 radical (unpaired) electrons. The average Bonchev–Trinajstić information content (AvgIpc) is 2.67. The lowest BCUT2D eigenvalue weighted by Gasteiger charge is -2.00. The number of hydrogen-bond donors (Lipinski definition) is 0. The molecule has 126 valence electrons. The van der Waals surface area contributed by atoms with Gasteiger partial charge >= 0.3 is 0 Å². The normalized spacial score (nSPS) is 11.7. The van der Waals surface area contributed by atoms with Gasteiger partial charge in [-0.05, 0) is 49.1 Å². The maximum Gasteiger partial charge on any atom is 0.0398 e. The molecule has 0 fully saturated rings. The molecule has 0 spiro atoms. The molecular weight excluding hydrogens is 302 g/mol. The zero-order valence-electron chi connectivity index (χ0n) is 15.1. The number of allylic oxidation sites excluding steroid dienone is 4. The van der Waals surface area contributed by atoms with E-state index in [-0.39, 0.29) is 0 Å². The predicted octanol–water partition coefficient (Wildman–Crippen LogP) is 6.08. The van der Waals surface area contributed by atoms with Gasteiger partial charge in [-0.1, -0.05) is 72.5 Å². The van der Waals surface area contributed by atoms with Gasteiger partial charge in [0.25, 0.3) is 0 Å². The summed E-state index contributed by atoms with van der Waals surface area (Å²) in [6, 6.07) is 18.8. The van der Waals surface area contributed by atoms with Crippen LogP contribution in [0.15, 0.2) is 83.4 Å². The Balaban J connectivity index is 1.77. The third kappa shape index (κ3) is 7.06. The predicted molar refractivity (Wildman–Crippen MR) is 110 cm³/mol. The molecule has 0 saturated carbocycles. The van der Waals surface area contributed by atoms with Crippen LogP contribution in [-0.2, 0) is 0 Å². The Hall–Kier alpha value is -2.85. The third-order valence-corrected chi connectivity index (χ3v) is 3.66. The number of unbranched alkanes of at least 4 members (excludes halogenated alkanes) is 1. The summed E-state index contributed by atoms with van der Waals surface area (Å²) < 4.78 is 0. The van der Waals surface area contributed by atoms with Gasteiger partial charge in [0.05, 0.1) is 0 Å². The molecule has 0 aliphatic carbocycles. The molecule has 0 atom stereocenters. The molecular formula is C24H25N. The summed E-state index contributed by atoms with van der Waals surface area (Å²) in [6.45, 7) is 4.89. The van der Waals surface area contributed by atoms with Crippen LogP contribution in [0, 0.1) is 11.8 Å². The van der Waals surface area contributed by atoms with Crippen molar-refractivity contribution in [3.8, 4) is 23.0 Å². The number of rotatable bonds is 6. The van der Waals surface area contributed by atoms with Crippen LogP contribution in [0.1, 0.15) is 32.3 Å². The van der Waals surface area contributed by atoms with Gasteiger partial charge in [-0.2, -0.15) is 0 Å². The highest BCUT2D eigenvalue weighted by Crippen LogP contribution is 2.18. The molecule has 0 saturated heterocycles. The van der Waals surface area contributed by atoms with E-state index in [1.807, 2.05) is 31.4 Å². The van der Waals surface area contributed by atoms with Crippen LogP contribution < -0.4 is 0 Å². The highest BCUT2D eigenvalue weighted by molar-refractivity contribution is 5.78. The van der Waals surface area contributed by atoms with Crippen molar-refractivity contribution in [2.75, 3.05) is 6.54 Å². The van der Waals surface area contributed by atoms with Gasteiger partial charge in [0, 0.05) is 24.7 Å². The fourth-order valence-corrected chi connectivity index (χ4v) is 2.30. The summed E-state index contributed by atoms with van der Waals surface area (Å²) in [7, 11) is 0.